The first-order chi connectivity index (χ1) is 12.9. The van der Waals surface area contributed by atoms with Gasteiger partial charge in [0.25, 0.3) is 0 Å². The number of anilines is 2. The fourth-order valence-electron chi connectivity index (χ4n) is 2.50. The Balaban J connectivity index is 1.90. The number of hydrogen-bond acceptors (Lipinski definition) is 6. The molecule has 0 saturated carbocycles. The number of guanidine groups is 2. The predicted molar refractivity (Wildman–Crippen MR) is 112 cm³/mol. The standard InChI is InChI=1S/C17H19N9S/c1-26-12-6-10(8-22-24-16(18)19)2-4-14(12)27-15-5-3-11(7-13(15)26)9-23-25-17(20)21/h2-9H,1H3,(H4,18,19,24)(H4,20,21,25)/b22-8+,23-9+. The number of hydrogen-bond donors (Lipinski definition) is 4. The van der Waals surface area contributed by atoms with Crippen LogP contribution >= 0.6 is 11.8 Å². The van der Waals surface area contributed by atoms with Gasteiger partial charge in [-0.1, -0.05) is 23.9 Å². The first-order valence-electron chi connectivity index (χ1n) is 7.87. The minimum Gasteiger partial charge on any atom is -0.369 e. The molecule has 0 aromatic heterocycles. The largest absolute Gasteiger partial charge is 0.369 e. The smallest absolute Gasteiger partial charge is 0.211 e. The molecule has 0 unspecified atom stereocenters. The van der Waals surface area contributed by atoms with Crippen LogP contribution in [-0.2, 0) is 0 Å². The van der Waals surface area contributed by atoms with E-state index in [-0.39, 0.29) is 11.9 Å². The van der Waals surface area contributed by atoms with Crippen molar-refractivity contribution in [2.45, 2.75) is 9.79 Å². The van der Waals surface area contributed by atoms with E-state index in [2.05, 4.69) is 25.3 Å². The van der Waals surface area contributed by atoms with Crippen LogP contribution in [-0.4, -0.2) is 31.4 Å². The topological polar surface area (TPSA) is 157 Å². The van der Waals surface area contributed by atoms with Gasteiger partial charge in [-0.05, 0) is 35.4 Å². The molecule has 1 aliphatic heterocycles. The molecule has 2 aromatic rings. The van der Waals surface area contributed by atoms with Gasteiger partial charge in [0.15, 0.2) is 0 Å². The summed E-state index contributed by atoms with van der Waals surface area (Å²) < 4.78 is 0. The molecule has 8 N–H and O–H groups in total. The molecule has 1 aliphatic rings. The molecule has 0 radical (unpaired) electrons. The van der Waals surface area contributed by atoms with Crippen molar-refractivity contribution in [3.8, 4) is 0 Å². The molecule has 0 bridgehead atoms. The summed E-state index contributed by atoms with van der Waals surface area (Å²) in [6.45, 7) is 0. The molecule has 0 spiro atoms. The van der Waals surface area contributed by atoms with Gasteiger partial charge in [-0.2, -0.15) is 10.2 Å². The van der Waals surface area contributed by atoms with Crippen LogP contribution in [0.4, 0.5) is 11.4 Å². The van der Waals surface area contributed by atoms with Crippen LogP contribution in [0.1, 0.15) is 11.1 Å². The van der Waals surface area contributed by atoms with Crippen LogP contribution < -0.4 is 27.8 Å². The molecule has 2 aromatic carbocycles. The fourth-order valence-corrected chi connectivity index (χ4v) is 3.61. The van der Waals surface area contributed by atoms with E-state index < -0.39 is 0 Å². The average molecular weight is 381 g/mol. The summed E-state index contributed by atoms with van der Waals surface area (Å²) in [5, 5.41) is 15.0. The van der Waals surface area contributed by atoms with Crippen molar-refractivity contribution < 1.29 is 0 Å². The average Bonchev–Trinajstić information content (AvgIpc) is 2.62. The Morgan fingerprint density at radius 1 is 0.815 bits per heavy atom. The lowest BCUT2D eigenvalue weighted by atomic mass is 10.1. The van der Waals surface area contributed by atoms with Gasteiger partial charge in [-0.25, -0.2) is 0 Å². The van der Waals surface area contributed by atoms with E-state index in [1.54, 1.807) is 24.2 Å². The van der Waals surface area contributed by atoms with E-state index in [1.807, 2.05) is 43.4 Å². The van der Waals surface area contributed by atoms with Crippen molar-refractivity contribution in [2.75, 3.05) is 11.9 Å². The van der Waals surface area contributed by atoms with Crippen LogP contribution in [0.5, 0.6) is 0 Å². The monoisotopic (exact) mass is 381 g/mol. The van der Waals surface area contributed by atoms with Crippen LogP contribution in [0, 0.1) is 0 Å². The molecule has 138 valence electrons. The second kappa shape index (κ2) is 7.79. The van der Waals surface area contributed by atoms with Crippen LogP contribution in [0.2, 0.25) is 0 Å². The Bertz CT molecular complexity index is 893. The minimum absolute atomic E-state index is 0.0827. The molecule has 0 fully saturated rings. The summed E-state index contributed by atoms with van der Waals surface area (Å²) in [6, 6.07) is 12.1. The molecular formula is C17H19N9S. The maximum absolute atomic E-state index is 5.28. The number of nitrogens with zero attached hydrogens (tertiary/aromatic N) is 5. The molecule has 3 rings (SSSR count). The quantitative estimate of drug-likeness (QED) is 0.353. The number of nitrogens with two attached hydrogens (primary N) is 4. The highest BCUT2D eigenvalue weighted by molar-refractivity contribution is 7.99. The fraction of sp³-hybridized carbons (Fsp3) is 0.0588. The zero-order chi connectivity index (χ0) is 19.4. The van der Waals surface area contributed by atoms with Crippen molar-refractivity contribution in [2.24, 2.45) is 43.3 Å². The summed E-state index contributed by atoms with van der Waals surface area (Å²) in [7, 11) is 2.01. The summed E-state index contributed by atoms with van der Waals surface area (Å²) in [5.41, 5.74) is 25.0. The number of rotatable bonds is 4. The highest BCUT2D eigenvalue weighted by atomic mass is 32.2. The third-order valence-electron chi connectivity index (χ3n) is 3.67. The van der Waals surface area contributed by atoms with E-state index in [4.69, 9.17) is 22.9 Å². The molecule has 0 atom stereocenters. The van der Waals surface area contributed by atoms with Gasteiger partial charge in [-0.3, -0.25) is 0 Å². The lowest BCUT2D eigenvalue weighted by Crippen LogP contribution is -2.21. The second-order valence-electron chi connectivity index (χ2n) is 5.65. The maximum atomic E-state index is 5.28. The highest BCUT2D eigenvalue weighted by Gasteiger charge is 2.21. The Hall–Kier alpha value is -3.53. The number of fused-ring (bicyclic) bond motifs is 2. The first kappa shape index (κ1) is 18.3. The maximum Gasteiger partial charge on any atom is 0.211 e. The SMILES string of the molecule is CN1c2cc(/C=N/N=C(N)N)ccc2Sc2ccc(/C=N/N=C(N)N)cc21. The van der Waals surface area contributed by atoms with Crippen molar-refractivity contribution in [1.82, 2.24) is 0 Å². The third-order valence-corrected chi connectivity index (χ3v) is 4.80. The Morgan fingerprint density at radius 3 is 1.67 bits per heavy atom. The molecular weight excluding hydrogens is 362 g/mol. The van der Waals surface area contributed by atoms with Gasteiger partial charge >= 0.3 is 0 Å². The van der Waals surface area contributed by atoms with Crippen LogP contribution in [0.15, 0.2) is 66.6 Å². The van der Waals surface area contributed by atoms with E-state index in [9.17, 15) is 0 Å². The molecule has 0 amide bonds. The lowest BCUT2D eigenvalue weighted by Gasteiger charge is -2.30. The van der Waals surface area contributed by atoms with Crippen LogP contribution in [0.3, 0.4) is 0 Å². The van der Waals surface area contributed by atoms with Gasteiger partial charge in [0.1, 0.15) is 0 Å². The highest BCUT2D eigenvalue weighted by Crippen LogP contribution is 2.47. The van der Waals surface area contributed by atoms with Gasteiger partial charge in [0.05, 0.1) is 23.8 Å². The van der Waals surface area contributed by atoms with Crippen molar-refractivity contribution in [3.63, 3.8) is 0 Å². The predicted octanol–water partition coefficient (Wildman–Crippen LogP) is 1.13. The Kier molecular flexibility index (Phi) is 5.27. The van der Waals surface area contributed by atoms with E-state index >= 15 is 0 Å². The summed E-state index contributed by atoms with van der Waals surface area (Å²) in [4.78, 5) is 4.40. The minimum atomic E-state index is -0.0827. The Labute approximate surface area is 160 Å². The number of benzene rings is 2. The zero-order valence-corrected chi connectivity index (χ0v) is 15.4. The van der Waals surface area contributed by atoms with Gasteiger partial charge < -0.3 is 27.8 Å². The molecule has 9 nitrogen and oxygen atoms in total. The first-order valence-corrected chi connectivity index (χ1v) is 8.69. The van der Waals surface area contributed by atoms with Gasteiger partial charge in [0.2, 0.25) is 11.9 Å². The van der Waals surface area contributed by atoms with Crippen LogP contribution in [0.25, 0.3) is 0 Å². The molecule has 10 heteroatoms. The van der Waals surface area contributed by atoms with Crippen molar-refractivity contribution in [3.05, 3.63) is 47.5 Å². The summed E-state index contributed by atoms with van der Waals surface area (Å²) in [6.07, 6.45) is 3.21. The summed E-state index contributed by atoms with van der Waals surface area (Å²) >= 11 is 1.70. The van der Waals surface area contributed by atoms with Crippen molar-refractivity contribution in [1.29, 1.82) is 0 Å². The normalized spacial score (nSPS) is 12.7. The second-order valence-corrected chi connectivity index (χ2v) is 6.74. The molecule has 1 heterocycles. The van der Waals surface area contributed by atoms with E-state index in [1.165, 1.54) is 0 Å². The van der Waals surface area contributed by atoms with E-state index in [0.717, 1.165) is 32.3 Å². The lowest BCUT2D eigenvalue weighted by molar-refractivity contribution is 1.11. The Morgan fingerprint density at radius 2 is 1.26 bits per heavy atom. The molecule has 0 saturated heterocycles. The van der Waals surface area contributed by atoms with Gasteiger partial charge in [-0.15, -0.1) is 10.2 Å². The van der Waals surface area contributed by atoms with Gasteiger partial charge in [0, 0.05) is 16.8 Å². The molecule has 0 aliphatic carbocycles. The summed E-state index contributed by atoms with van der Waals surface area (Å²) in [5.74, 6) is -0.165. The zero-order valence-electron chi connectivity index (χ0n) is 14.6. The van der Waals surface area contributed by atoms with E-state index in [0.29, 0.717) is 0 Å². The third kappa shape index (κ3) is 4.36. The molecule has 27 heavy (non-hydrogen) atoms. The van der Waals surface area contributed by atoms with Crippen molar-refractivity contribution >= 4 is 47.5 Å².